The molecule has 0 N–H and O–H groups in total. The van der Waals surface area contributed by atoms with Crippen molar-refractivity contribution in [3.05, 3.63) is 65.8 Å². The lowest BCUT2D eigenvalue weighted by molar-refractivity contribution is 0.0739. The van der Waals surface area contributed by atoms with Crippen molar-refractivity contribution >= 4 is 23.2 Å². The van der Waals surface area contributed by atoms with E-state index in [1.54, 1.807) is 35.4 Å². The van der Waals surface area contributed by atoms with Gasteiger partial charge in [-0.2, -0.15) is 0 Å². The van der Waals surface area contributed by atoms with Crippen LogP contribution >= 0.6 is 11.6 Å². The lowest BCUT2D eigenvalue weighted by Gasteiger charge is -2.36. The van der Waals surface area contributed by atoms with Gasteiger partial charge in [0.15, 0.2) is 11.5 Å². The molecule has 0 bridgehead atoms. The summed E-state index contributed by atoms with van der Waals surface area (Å²) >= 11 is 6.06. The van der Waals surface area contributed by atoms with E-state index in [1.807, 2.05) is 29.2 Å². The second-order valence-corrected chi connectivity index (χ2v) is 6.44. The van der Waals surface area contributed by atoms with Gasteiger partial charge in [0.1, 0.15) is 6.33 Å². The number of anilines is 1. The Morgan fingerprint density at radius 1 is 1.04 bits per heavy atom. The third-order valence-electron chi connectivity index (χ3n) is 4.38. The van der Waals surface area contributed by atoms with Gasteiger partial charge < -0.3 is 9.80 Å². The van der Waals surface area contributed by atoms with Crippen LogP contribution in [0.5, 0.6) is 0 Å². The molecule has 1 aliphatic heterocycles. The molecule has 1 aromatic carbocycles. The van der Waals surface area contributed by atoms with E-state index in [1.165, 1.54) is 0 Å². The first-order valence-corrected chi connectivity index (χ1v) is 8.70. The van der Waals surface area contributed by atoms with Gasteiger partial charge in [-0.05, 0) is 30.3 Å². The van der Waals surface area contributed by atoms with E-state index in [0.717, 1.165) is 18.8 Å². The van der Waals surface area contributed by atoms with E-state index in [4.69, 9.17) is 11.6 Å². The van der Waals surface area contributed by atoms with Crippen LogP contribution in [0.2, 0.25) is 5.02 Å². The van der Waals surface area contributed by atoms with Crippen LogP contribution in [0.4, 0.5) is 5.69 Å². The molecule has 0 aliphatic carbocycles. The number of rotatable bonds is 3. The Morgan fingerprint density at radius 3 is 2.54 bits per heavy atom. The van der Waals surface area contributed by atoms with Crippen molar-refractivity contribution in [1.82, 2.24) is 24.6 Å². The Morgan fingerprint density at radius 2 is 1.88 bits per heavy atom. The number of imidazole rings is 1. The van der Waals surface area contributed by atoms with E-state index < -0.39 is 0 Å². The van der Waals surface area contributed by atoms with Crippen molar-refractivity contribution in [2.45, 2.75) is 0 Å². The zero-order valence-corrected chi connectivity index (χ0v) is 14.8. The molecule has 1 amide bonds. The summed E-state index contributed by atoms with van der Waals surface area (Å²) < 4.78 is 1.74. The third kappa shape index (κ3) is 3.39. The standard InChI is InChI=1S/C18H17ClN6O/c19-14-2-1-3-15(12-14)23-8-10-24(11-9-23)18(26)16-4-5-17(22-21-16)25-7-6-20-13-25/h1-7,12-13H,8-11H2. The summed E-state index contributed by atoms with van der Waals surface area (Å²) in [6.45, 7) is 2.78. The predicted molar refractivity (Wildman–Crippen MR) is 98.7 cm³/mol. The Labute approximate surface area is 155 Å². The van der Waals surface area contributed by atoms with Gasteiger partial charge in [-0.3, -0.25) is 9.36 Å². The molecule has 1 aliphatic rings. The van der Waals surface area contributed by atoms with E-state index in [2.05, 4.69) is 20.1 Å². The van der Waals surface area contributed by atoms with Crippen LogP contribution in [0, 0.1) is 0 Å². The highest BCUT2D eigenvalue weighted by molar-refractivity contribution is 6.30. The van der Waals surface area contributed by atoms with Crippen molar-refractivity contribution in [2.24, 2.45) is 0 Å². The maximum atomic E-state index is 12.7. The van der Waals surface area contributed by atoms with Gasteiger partial charge in [0.2, 0.25) is 0 Å². The first kappa shape index (κ1) is 16.5. The molecule has 0 radical (unpaired) electrons. The van der Waals surface area contributed by atoms with Gasteiger partial charge >= 0.3 is 0 Å². The summed E-state index contributed by atoms with van der Waals surface area (Å²) in [6, 6.07) is 11.2. The van der Waals surface area contributed by atoms with Crippen LogP contribution in [0.15, 0.2) is 55.1 Å². The molecular weight excluding hydrogens is 352 g/mol. The molecule has 2 aromatic heterocycles. The molecular formula is C18H17ClN6O. The summed E-state index contributed by atoms with van der Waals surface area (Å²) in [6.07, 6.45) is 5.08. The molecule has 132 valence electrons. The van der Waals surface area contributed by atoms with E-state index >= 15 is 0 Å². The van der Waals surface area contributed by atoms with E-state index in [0.29, 0.717) is 29.6 Å². The SMILES string of the molecule is O=C(c1ccc(-n2ccnc2)nn1)N1CCN(c2cccc(Cl)c2)CC1. The average molecular weight is 369 g/mol. The molecule has 7 nitrogen and oxygen atoms in total. The summed E-state index contributed by atoms with van der Waals surface area (Å²) in [7, 11) is 0. The van der Waals surface area contributed by atoms with Crippen LogP contribution in [0.25, 0.3) is 5.82 Å². The molecule has 4 rings (SSSR count). The number of amides is 1. The number of carbonyl (C=O) groups is 1. The Balaban J connectivity index is 1.40. The van der Waals surface area contributed by atoms with E-state index in [-0.39, 0.29) is 5.91 Å². The van der Waals surface area contributed by atoms with E-state index in [9.17, 15) is 4.79 Å². The fourth-order valence-electron chi connectivity index (χ4n) is 2.97. The summed E-state index contributed by atoms with van der Waals surface area (Å²) in [5.74, 6) is 0.533. The van der Waals surface area contributed by atoms with Crippen molar-refractivity contribution in [3.8, 4) is 5.82 Å². The molecule has 0 saturated carbocycles. The van der Waals surface area contributed by atoms with Gasteiger partial charge in [-0.25, -0.2) is 4.98 Å². The fourth-order valence-corrected chi connectivity index (χ4v) is 3.16. The first-order chi connectivity index (χ1) is 12.7. The zero-order valence-electron chi connectivity index (χ0n) is 14.0. The second-order valence-electron chi connectivity index (χ2n) is 6.01. The average Bonchev–Trinajstić information content (AvgIpc) is 3.23. The van der Waals surface area contributed by atoms with Crippen molar-refractivity contribution in [3.63, 3.8) is 0 Å². The third-order valence-corrected chi connectivity index (χ3v) is 4.61. The normalized spacial score (nSPS) is 14.5. The number of nitrogens with zero attached hydrogens (tertiary/aromatic N) is 6. The topological polar surface area (TPSA) is 67.2 Å². The second kappa shape index (κ2) is 7.13. The maximum Gasteiger partial charge on any atom is 0.274 e. The molecule has 0 spiro atoms. The largest absolute Gasteiger partial charge is 0.368 e. The number of hydrogen-bond acceptors (Lipinski definition) is 5. The number of carbonyl (C=O) groups excluding carboxylic acids is 1. The Hall–Kier alpha value is -2.93. The minimum absolute atomic E-state index is 0.0968. The summed E-state index contributed by atoms with van der Waals surface area (Å²) in [4.78, 5) is 20.7. The molecule has 3 aromatic rings. The van der Waals surface area contributed by atoms with Crippen molar-refractivity contribution < 1.29 is 4.79 Å². The smallest absolute Gasteiger partial charge is 0.274 e. The number of piperazine rings is 1. The maximum absolute atomic E-state index is 12.7. The van der Waals surface area contributed by atoms with Crippen molar-refractivity contribution in [2.75, 3.05) is 31.1 Å². The molecule has 0 unspecified atom stereocenters. The van der Waals surface area contributed by atoms with Gasteiger partial charge in [0.05, 0.1) is 0 Å². The highest BCUT2D eigenvalue weighted by Crippen LogP contribution is 2.21. The van der Waals surface area contributed by atoms with Crippen LogP contribution < -0.4 is 4.90 Å². The molecule has 1 saturated heterocycles. The molecule has 8 heteroatoms. The van der Waals surface area contributed by atoms with Crippen LogP contribution in [0.3, 0.4) is 0 Å². The predicted octanol–water partition coefficient (Wildman–Crippen LogP) is 2.28. The first-order valence-electron chi connectivity index (χ1n) is 8.32. The highest BCUT2D eigenvalue weighted by atomic mass is 35.5. The highest BCUT2D eigenvalue weighted by Gasteiger charge is 2.23. The number of aromatic nitrogens is 4. The van der Waals surface area contributed by atoms with Gasteiger partial charge in [-0.15, -0.1) is 10.2 Å². The minimum atomic E-state index is -0.0968. The zero-order chi connectivity index (χ0) is 17.9. The molecule has 1 fully saturated rings. The van der Waals surface area contributed by atoms with Gasteiger partial charge in [-0.1, -0.05) is 17.7 Å². The number of benzene rings is 1. The fraction of sp³-hybridized carbons (Fsp3) is 0.222. The van der Waals surface area contributed by atoms with Crippen LogP contribution in [0.1, 0.15) is 10.5 Å². The summed E-state index contributed by atoms with van der Waals surface area (Å²) in [5, 5.41) is 8.90. The lowest BCUT2D eigenvalue weighted by atomic mass is 10.2. The molecule has 3 heterocycles. The minimum Gasteiger partial charge on any atom is -0.368 e. The quantitative estimate of drug-likeness (QED) is 0.709. The molecule has 26 heavy (non-hydrogen) atoms. The Bertz CT molecular complexity index is 888. The van der Waals surface area contributed by atoms with Gasteiger partial charge in [0, 0.05) is 49.3 Å². The van der Waals surface area contributed by atoms with Gasteiger partial charge in [0.25, 0.3) is 5.91 Å². The lowest BCUT2D eigenvalue weighted by Crippen LogP contribution is -2.49. The van der Waals surface area contributed by atoms with Crippen LogP contribution in [-0.4, -0.2) is 56.7 Å². The monoisotopic (exact) mass is 368 g/mol. The number of hydrogen-bond donors (Lipinski definition) is 0. The van der Waals surface area contributed by atoms with Crippen LogP contribution in [-0.2, 0) is 0 Å². The summed E-state index contributed by atoms with van der Waals surface area (Å²) in [5.41, 5.74) is 1.43. The Kier molecular flexibility index (Phi) is 4.53. The number of halogens is 1. The molecule has 0 atom stereocenters. The van der Waals surface area contributed by atoms with Crippen molar-refractivity contribution in [1.29, 1.82) is 0 Å².